The summed E-state index contributed by atoms with van der Waals surface area (Å²) < 4.78 is 0. The van der Waals surface area contributed by atoms with E-state index in [0.717, 1.165) is 38.2 Å². The molecule has 2 heterocycles. The van der Waals surface area contributed by atoms with Gasteiger partial charge < -0.3 is 10.6 Å². The highest BCUT2D eigenvalue weighted by atomic mass is 15.3. The quantitative estimate of drug-likeness (QED) is 0.866. The molecule has 5 heteroatoms. The van der Waals surface area contributed by atoms with Gasteiger partial charge in [0.2, 0.25) is 5.95 Å². The molecule has 2 rings (SSSR count). The predicted octanol–water partition coefficient (Wildman–Crippen LogP) is 1.22. The standard InChI is InChI=1S/C13H19N5/c1-10-7-12(8-15)17-13(16-10)18-6-2-3-11(9-18)4-5-14/h7,11H,2-6,9,14H2,1H3. The van der Waals surface area contributed by atoms with Gasteiger partial charge in [0.1, 0.15) is 11.8 Å². The fraction of sp³-hybridized carbons (Fsp3) is 0.615. The topological polar surface area (TPSA) is 78.8 Å². The van der Waals surface area contributed by atoms with Crippen molar-refractivity contribution in [2.45, 2.75) is 26.2 Å². The lowest BCUT2D eigenvalue weighted by Crippen LogP contribution is -2.37. The number of aromatic nitrogens is 2. The number of rotatable bonds is 3. The zero-order valence-corrected chi connectivity index (χ0v) is 10.8. The van der Waals surface area contributed by atoms with Gasteiger partial charge in [-0.25, -0.2) is 9.97 Å². The van der Waals surface area contributed by atoms with E-state index in [9.17, 15) is 0 Å². The second-order valence-corrected chi connectivity index (χ2v) is 4.84. The van der Waals surface area contributed by atoms with Crippen LogP contribution in [0.1, 0.15) is 30.7 Å². The Bertz CT molecular complexity index is 449. The Morgan fingerprint density at radius 2 is 2.39 bits per heavy atom. The van der Waals surface area contributed by atoms with Crippen LogP contribution in [-0.2, 0) is 0 Å². The first-order chi connectivity index (χ1) is 8.72. The molecule has 0 radical (unpaired) electrons. The smallest absolute Gasteiger partial charge is 0.226 e. The average Bonchev–Trinajstić information content (AvgIpc) is 2.39. The van der Waals surface area contributed by atoms with Gasteiger partial charge in [-0.15, -0.1) is 0 Å². The van der Waals surface area contributed by atoms with Gasteiger partial charge in [-0.3, -0.25) is 0 Å². The van der Waals surface area contributed by atoms with Crippen LogP contribution in [0.3, 0.4) is 0 Å². The minimum absolute atomic E-state index is 0.443. The molecule has 1 aliphatic rings. The van der Waals surface area contributed by atoms with Gasteiger partial charge in [-0.1, -0.05) is 0 Å². The molecule has 0 saturated carbocycles. The number of piperidine rings is 1. The van der Waals surface area contributed by atoms with Crippen molar-refractivity contribution in [2.24, 2.45) is 11.7 Å². The van der Waals surface area contributed by atoms with Crippen molar-refractivity contribution in [2.75, 3.05) is 24.5 Å². The average molecular weight is 245 g/mol. The molecule has 1 saturated heterocycles. The van der Waals surface area contributed by atoms with Crippen molar-refractivity contribution in [3.8, 4) is 6.07 Å². The molecule has 0 spiro atoms. The summed E-state index contributed by atoms with van der Waals surface area (Å²) in [6, 6.07) is 3.80. The van der Waals surface area contributed by atoms with E-state index < -0.39 is 0 Å². The minimum Gasteiger partial charge on any atom is -0.341 e. The zero-order chi connectivity index (χ0) is 13.0. The van der Waals surface area contributed by atoms with Gasteiger partial charge in [-0.2, -0.15) is 5.26 Å². The van der Waals surface area contributed by atoms with Crippen LogP contribution in [0.25, 0.3) is 0 Å². The van der Waals surface area contributed by atoms with E-state index in [-0.39, 0.29) is 0 Å². The maximum Gasteiger partial charge on any atom is 0.226 e. The van der Waals surface area contributed by atoms with E-state index in [1.807, 2.05) is 6.92 Å². The van der Waals surface area contributed by atoms with E-state index in [1.54, 1.807) is 6.07 Å². The van der Waals surface area contributed by atoms with E-state index in [4.69, 9.17) is 11.0 Å². The van der Waals surface area contributed by atoms with Gasteiger partial charge in [0, 0.05) is 18.8 Å². The van der Waals surface area contributed by atoms with Crippen LogP contribution >= 0.6 is 0 Å². The van der Waals surface area contributed by atoms with E-state index in [0.29, 0.717) is 17.6 Å². The third kappa shape index (κ3) is 2.96. The number of nitrogens with zero attached hydrogens (tertiary/aromatic N) is 4. The molecule has 1 unspecified atom stereocenters. The van der Waals surface area contributed by atoms with Crippen molar-refractivity contribution < 1.29 is 0 Å². The SMILES string of the molecule is Cc1cc(C#N)nc(N2CCCC(CCN)C2)n1. The van der Waals surface area contributed by atoms with Crippen molar-refractivity contribution in [1.29, 1.82) is 5.26 Å². The summed E-state index contributed by atoms with van der Waals surface area (Å²) in [4.78, 5) is 10.9. The molecule has 1 atom stereocenters. The molecule has 1 aliphatic heterocycles. The van der Waals surface area contributed by atoms with Crippen molar-refractivity contribution in [1.82, 2.24) is 9.97 Å². The molecule has 0 bridgehead atoms. The molecule has 0 aromatic carbocycles. The molecule has 0 amide bonds. The molecule has 1 fully saturated rings. The molecule has 2 N–H and O–H groups in total. The first-order valence-electron chi connectivity index (χ1n) is 6.43. The fourth-order valence-electron chi connectivity index (χ4n) is 2.47. The Hall–Kier alpha value is -1.67. The predicted molar refractivity (Wildman–Crippen MR) is 70.1 cm³/mol. The fourth-order valence-corrected chi connectivity index (χ4v) is 2.47. The van der Waals surface area contributed by atoms with Gasteiger partial charge in [0.05, 0.1) is 0 Å². The Balaban J connectivity index is 2.15. The van der Waals surface area contributed by atoms with Gasteiger partial charge >= 0.3 is 0 Å². The Labute approximate surface area is 108 Å². The van der Waals surface area contributed by atoms with Gasteiger partial charge in [0.15, 0.2) is 0 Å². The third-order valence-electron chi connectivity index (χ3n) is 3.33. The molecule has 1 aromatic heterocycles. The molecular weight excluding hydrogens is 226 g/mol. The number of anilines is 1. The highest BCUT2D eigenvalue weighted by molar-refractivity contribution is 5.36. The summed E-state index contributed by atoms with van der Waals surface area (Å²) in [5, 5.41) is 8.95. The second-order valence-electron chi connectivity index (χ2n) is 4.84. The number of nitriles is 1. The Morgan fingerprint density at radius 1 is 1.56 bits per heavy atom. The molecular formula is C13H19N5. The zero-order valence-electron chi connectivity index (χ0n) is 10.8. The molecule has 1 aromatic rings. The number of nitrogens with two attached hydrogens (primary N) is 1. The lowest BCUT2D eigenvalue weighted by Gasteiger charge is -2.32. The van der Waals surface area contributed by atoms with Crippen LogP contribution in [0.4, 0.5) is 5.95 Å². The third-order valence-corrected chi connectivity index (χ3v) is 3.33. The first-order valence-corrected chi connectivity index (χ1v) is 6.43. The second kappa shape index (κ2) is 5.78. The van der Waals surface area contributed by atoms with Crippen molar-refractivity contribution in [3.63, 3.8) is 0 Å². The Kier molecular flexibility index (Phi) is 4.11. The lowest BCUT2D eigenvalue weighted by atomic mass is 9.95. The molecule has 96 valence electrons. The maximum absolute atomic E-state index is 8.95. The highest BCUT2D eigenvalue weighted by Crippen LogP contribution is 2.22. The molecule has 5 nitrogen and oxygen atoms in total. The summed E-state index contributed by atoms with van der Waals surface area (Å²) in [6.07, 6.45) is 3.42. The normalized spacial score (nSPS) is 19.6. The minimum atomic E-state index is 0.443. The van der Waals surface area contributed by atoms with E-state index in [2.05, 4.69) is 20.9 Å². The maximum atomic E-state index is 8.95. The largest absolute Gasteiger partial charge is 0.341 e. The van der Waals surface area contributed by atoms with Crippen LogP contribution in [0.5, 0.6) is 0 Å². The van der Waals surface area contributed by atoms with Crippen LogP contribution in [0, 0.1) is 24.2 Å². The lowest BCUT2D eigenvalue weighted by molar-refractivity contribution is 0.392. The summed E-state index contributed by atoms with van der Waals surface area (Å²) in [5.74, 6) is 1.31. The van der Waals surface area contributed by atoms with Crippen molar-refractivity contribution >= 4 is 5.95 Å². The molecule has 18 heavy (non-hydrogen) atoms. The summed E-state index contributed by atoms with van der Waals surface area (Å²) in [7, 11) is 0. The van der Waals surface area contributed by atoms with Gasteiger partial charge in [-0.05, 0) is 44.7 Å². The monoisotopic (exact) mass is 245 g/mol. The number of hydrogen-bond acceptors (Lipinski definition) is 5. The van der Waals surface area contributed by atoms with Crippen LogP contribution in [-0.4, -0.2) is 29.6 Å². The van der Waals surface area contributed by atoms with E-state index >= 15 is 0 Å². The summed E-state index contributed by atoms with van der Waals surface area (Å²) >= 11 is 0. The first kappa shape index (κ1) is 12.8. The van der Waals surface area contributed by atoms with Crippen LogP contribution < -0.4 is 10.6 Å². The Morgan fingerprint density at radius 3 is 3.11 bits per heavy atom. The summed E-state index contributed by atoms with van der Waals surface area (Å²) in [6.45, 7) is 4.55. The van der Waals surface area contributed by atoms with Crippen LogP contribution in [0.2, 0.25) is 0 Å². The van der Waals surface area contributed by atoms with Crippen LogP contribution in [0.15, 0.2) is 6.07 Å². The van der Waals surface area contributed by atoms with Gasteiger partial charge in [0.25, 0.3) is 0 Å². The summed E-state index contributed by atoms with van der Waals surface area (Å²) in [5.41, 5.74) is 6.91. The van der Waals surface area contributed by atoms with E-state index in [1.165, 1.54) is 6.42 Å². The van der Waals surface area contributed by atoms with Crippen molar-refractivity contribution in [3.05, 3.63) is 17.5 Å². The highest BCUT2D eigenvalue weighted by Gasteiger charge is 2.21. The molecule has 0 aliphatic carbocycles. The number of hydrogen-bond donors (Lipinski definition) is 1. The number of aryl methyl sites for hydroxylation is 1.